The number of nitrogens with one attached hydrogen (secondary N) is 1. The molecule has 6 nitrogen and oxygen atoms in total. The zero-order valence-electron chi connectivity index (χ0n) is 20.0. The van der Waals surface area contributed by atoms with Crippen LogP contribution in [0.5, 0.6) is 0 Å². The Balaban J connectivity index is 2.17. The molecule has 0 aliphatic heterocycles. The molecule has 7 heteroatoms. The fourth-order valence-electron chi connectivity index (χ4n) is 3.76. The molecule has 33 heavy (non-hydrogen) atoms. The number of aryl methyl sites for hydroxylation is 2. The highest BCUT2D eigenvalue weighted by atomic mass is 31.2. The minimum absolute atomic E-state index is 0.248. The van der Waals surface area contributed by atoms with Crippen LogP contribution in [0.2, 0.25) is 0 Å². The standard InChI is InChI=1S/C26H35N2O4P/c1-5-7-18-31-33(30,32-19-8-6-2)25(22-16-14-20(3)15-17-22)24-21(4)27-28(26(24)29)23-12-10-9-11-13-23/h9-17,25,27H,5-8,18-19H2,1-4H3. The van der Waals surface area contributed by atoms with E-state index in [1.165, 1.54) is 4.68 Å². The summed E-state index contributed by atoms with van der Waals surface area (Å²) < 4.78 is 27.9. The molecule has 1 atom stereocenters. The van der Waals surface area contributed by atoms with Gasteiger partial charge in [0.1, 0.15) is 5.66 Å². The topological polar surface area (TPSA) is 73.3 Å². The van der Waals surface area contributed by atoms with E-state index in [1.54, 1.807) is 0 Å². The molecular formula is C26H35N2O4P. The summed E-state index contributed by atoms with van der Waals surface area (Å²) in [6.45, 7) is 8.58. The monoisotopic (exact) mass is 470 g/mol. The second-order valence-electron chi connectivity index (χ2n) is 8.35. The van der Waals surface area contributed by atoms with E-state index in [2.05, 4.69) is 18.9 Å². The van der Waals surface area contributed by atoms with Crippen LogP contribution in [-0.4, -0.2) is 23.0 Å². The Kier molecular flexibility index (Phi) is 8.90. The zero-order valence-corrected chi connectivity index (χ0v) is 20.9. The number of unbranched alkanes of at least 4 members (excludes halogenated alkanes) is 2. The van der Waals surface area contributed by atoms with Crippen molar-refractivity contribution in [2.75, 3.05) is 13.2 Å². The van der Waals surface area contributed by atoms with Crippen LogP contribution in [0.4, 0.5) is 0 Å². The first-order chi connectivity index (χ1) is 15.9. The second-order valence-corrected chi connectivity index (χ2v) is 10.5. The van der Waals surface area contributed by atoms with Crippen LogP contribution < -0.4 is 5.56 Å². The lowest BCUT2D eigenvalue weighted by Crippen LogP contribution is -2.21. The lowest BCUT2D eigenvalue weighted by molar-refractivity contribution is 0.195. The largest absolute Gasteiger partial charge is 0.342 e. The number of hydrogen-bond donors (Lipinski definition) is 1. The van der Waals surface area contributed by atoms with Gasteiger partial charge >= 0.3 is 7.60 Å². The van der Waals surface area contributed by atoms with E-state index < -0.39 is 13.3 Å². The number of para-hydroxylation sites is 1. The Morgan fingerprint density at radius 2 is 1.48 bits per heavy atom. The van der Waals surface area contributed by atoms with Crippen molar-refractivity contribution in [3.63, 3.8) is 0 Å². The molecule has 0 spiro atoms. The molecule has 2 aromatic carbocycles. The highest BCUT2D eigenvalue weighted by Crippen LogP contribution is 2.63. The molecule has 3 rings (SSSR count). The summed E-state index contributed by atoms with van der Waals surface area (Å²) in [6.07, 6.45) is 3.35. The molecule has 0 radical (unpaired) electrons. The highest BCUT2D eigenvalue weighted by molar-refractivity contribution is 7.54. The van der Waals surface area contributed by atoms with Gasteiger partial charge in [0.2, 0.25) is 0 Å². The smallest absolute Gasteiger partial charge is 0.308 e. The van der Waals surface area contributed by atoms with E-state index in [4.69, 9.17) is 9.05 Å². The predicted molar refractivity (Wildman–Crippen MR) is 133 cm³/mol. The minimum atomic E-state index is -3.71. The van der Waals surface area contributed by atoms with Gasteiger partial charge in [-0.15, -0.1) is 0 Å². The molecule has 1 heterocycles. The van der Waals surface area contributed by atoms with Crippen molar-refractivity contribution in [3.05, 3.63) is 87.3 Å². The van der Waals surface area contributed by atoms with E-state index in [0.29, 0.717) is 30.2 Å². The van der Waals surface area contributed by atoms with Crippen molar-refractivity contribution in [3.8, 4) is 5.69 Å². The van der Waals surface area contributed by atoms with Crippen LogP contribution in [0.25, 0.3) is 5.69 Å². The summed E-state index contributed by atoms with van der Waals surface area (Å²) in [5, 5.41) is 3.17. The van der Waals surface area contributed by atoms with Crippen LogP contribution in [-0.2, 0) is 13.6 Å². The molecular weight excluding hydrogens is 435 g/mol. The van der Waals surface area contributed by atoms with Gasteiger partial charge in [0.05, 0.1) is 24.5 Å². The predicted octanol–water partition coefficient (Wildman–Crippen LogP) is 6.70. The number of nitrogens with zero attached hydrogens (tertiary/aromatic N) is 1. The van der Waals surface area contributed by atoms with Gasteiger partial charge in [-0.2, -0.15) is 0 Å². The van der Waals surface area contributed by atoms with E-state index in [1.807, 2.05) is 68.4 Å². The molecule has 0 fully saturated rings. The summed E-state index contributed by atoms with van der Waals surface area (Å²) in [7, 11) is -3.71. The van der Waals surface area contributed by atoms with Gasteiger partial charge in [-0.05, 0) is 44.4 Å². The quantitative estimate of drug-likeness (QED) is 0.236. The Hall–Kier alpha value is -2.40. The van der Waals surface area contributed by atoms with Crippen molar-refractivity contribution in [1.82, 2.24) is 9.78 Å². The molecule has 0 bridgehead atoms. The third-order valence-corrected chi connectivity index (χ3v) is 7.93. The minimum Gasteiger partial charge on any atom is -0.308 e. The third kappa shape index (κ3) is 5.94. The van der Waals surface area contributed by atoms with Gasteiger partial charge in [0.15, 0.2) is 0 Å². The molecule has 0 amide bonds. The van der Waals surface area contributed by atoms with Crippen molar-refractivity contribution in [2.45, 2.75) is 59.0 Å². The van der Waals surface area contributed by atoms with Crippen molar-refractivity contribution < 1.29 is 13.6 Å². The number of H-pyrrole nitrogens is 1. The van der Waals surface area contributed by atoms with E-state index >= 15 is 0 Å². The molecule has 178 valence electrons. The number of rotatable bonds is 12. The van der Waals surface area contributed by atoms with Crippen molar-refractivity contribution >= 4 is 7.60 Å². The highest BCUT2D eigenvalue weighted by Gasteiger charge is 2.42. The van der Waals surface area contributed by atoms with Crippen LogP contribution >= 0.6 is 7.60 Å². The molecule has 1 N–H and O–H groups in total. The first kappa shape index (κ1) is 25.2. The van der Waals surface area contributed by atoms with Crippen molar-refractivity contribution in [1.29, 1.82) is 0 Å². The van der Waals surface area contributed by atoms with Gasteiger partial charge < -0.3 is 9.05 Å². The molecule has 0 saturated carbocycles. The lowest BCUT2D eigenvalue weighted by Gasteiger charge is -2.27. The van der Waals surface area contributed by atoms with E-state index in [9.17, 15) is 9.36 Å². The number of aromatic amines is 1. The van der Waals surface area contributed by atoms with E-state index in [0.717, 1.165) is 36.8 Å². The maximum Gasteiger partial charge on any atom is 0.342 e. The Morgan fingerprint density at radius 1 is 0.909 bits per heavy atom. The van der Waals surface area contributed by atoms with Gasteiger partial charge in [-0.25, -0.2) is 4.68 Å². The van der Waals surface area contributed by atoms with Gasteiger partial charge in [-0.3, -0.25) is 14.5 Å². The number of benzene rings is 2. The lowest BCUT2D eigenvalue weighted by atomic mass is 10.0. The SMILES string of the molecule is CCCCOP(=O)(OCCCC)C(c1ccc(C)cc1)c1c(C)[nH]n(-c2ccccc2)c1=O. The summed E-state index contributed by atoms with van der Waals surface area (Å²) >= 11 is 0. The van der Waals surface area contributed by atoms with Crippen LogP contribution in [0.15, 0.2) is 59.4 Å². The summed E-state index contributed by atoms with van der Waals surface area (Å²) in [4.78, 5) is 13.7. The Morgan fingerprint density at radius 3 is 2.03 bits per heavy atom. The fraction of sp³-hybridized carbons (Fsp3) is 0.423. The maximum absolute atomic E-state index is 14.4. The summed E-state index contributed by atoms with van der Waals surface area (Å²) in [5.41, 5.74) is 2.54. The summed E-state index contributed by atoms with van der Waals surface area (Å²) in [5.74, 6) is 0. The molecule has 0 aliphatic rings. The fourth-order valence-corrected chi connectivity index (χ4v) is 6.05. The third-order valence-electron chi connectivity index (χ3n) is 5.65. The van der Waals surface area contributed by atoms with Crippen LogP contribution in [0.1, 0.15) is 67.6 Å². The Labute approximate surface area is 196 Å². The number of aromatic nitrogens is 2. The molecule has 0 saturated heterocycles. The molecule has 1 unspecified atom stereocenters. The van der Waals surface area contributed by atoms with E-state index in [-0.39, 0.29) is 5.56 Å². The Bertz CT molecular complexity index is 1110. The average molecular weight is 471 g/mol. The van der Waals surface area contributed by atoms with Gasteiger partial charge in [0, 0.05) is 5.69 Å². The van der Waals surface area contributed by atoms with Crippen LogP contribution in [0, 0.1) is 13.8 Å². The van der Waals surface area contributed by atoms with Crippen LogP contribution in [0.3, 0.4) is 0 Å². The second kappa shape index (κ2) is 11.6. The molecule has 0 aliphatic carbocycles. The van der Waals surface area contributed by atoms with Gasteiger partial charge in [-0.1, -0.05) is 74.7 Å². The summed E-state index contributed by atoms with van der Waals surface area (Å²) in [6, 6.07) is 17.1. The zero-order chi connectivity index (χ0) is 23.8. The molecule has 3 aromatic rings. The van der Waals surface area contributed by atoms with Crippen molar-refractivity contribution in [2.24, 2.45) is 0 Å². The maximum atomic E-state index is 14.4. The first-order valence-corrected chi connectivity index (χ1v) is 13.3. The van der Waals surface area contributed by atoms with Gasteiger partial charge in [0.25, 0.3) is 5.56 Å². The molecule has 1 aromatic heterocycles. The number of hydrogen-bond acceptors (Lipinski definition) is 4. The normalized spacial score (nSPS) is 12.7. The first-order valence-electron chi connectivity index (χ1n) is 11.7. The average Bonchev–Trinajstić information content (AvgIpc) is 3.10.